The molecule has 0 atom stereocenters. The molecule has 10 nitrogen and oxygen atoms in total. The van der Waals surface area contributed by atoms with Gasteiger partial charge in [-0.05, 0) is 12.5 Å². The standard InChI is InChI=1S/C21H30N8O2/c1-16-5-4-6-17(13-16)15-24-27-18-14-19(29-8-11-30-12-9-29)26-21(25-18)31-10-7-23-20(22)28(2)3/h4-6,13-14H,7-12,15H2,1-3H3,(H2,22,23). The molecule has 1 saturated heterocycles. The van der Waals surface area contributed by atoms with Crippen LogP contribution >= 0.6 is 0 Å². The van der Waals surface area contributed by atoms with E-state index in [1.54, 1.807) is 4.90 Å². The summed E-state index contributed by atoms with van der Waals surface area (Å²) in [6, 6.07) is 10.2. The Morgan fingerprint density at radius 2 is 2.03 bits per heavy atom. The lowest BCUT2D eigenvalue weighted by Gasteiger charge is -2.27. The number of morpholine rings is 1. The minimum atomic E-state index is 0.243. The van der Waals surface area contributed by atoms with Crippen LogP contribution in [0, 0.1) is 6.92 Å². The SMILES string of the molecule is Cc1cccc(CN=Nc2cc(N3CCOCC3)nc(OCCN=C(N)N(C)C)n2)c1. The number of anilines is 1. The molecule has 0 amide bonds. The van der Waals surface area contributed by atoms with Gasteiger partial charge in [-0.1, -0.05) is 29.8 Å². The highest BCUT2D eigenvalue weighted by Gasteiger charge is 2.15. The van der Waals surface area contributed by atoms with E-state index < -0.39 is 0 Å². The van der Waals surface area contributed by atoms with Crippen molar-refractivity contribution in [3.63, 3.8) is 0 Å². The van der Waals surface area contributed by atoms with Gasteiger partial charge in [0.25, 0.3) is 0 Å². The smallest absolute Gasteiger partial charge is 0.320 e. The minimum Gasteiger partial charge on any atom is -0.461 e. The van der Waals surface area contributed by atoms with Gasteiger partial charge in [-0.3, -0.25) is 0 Å². The third kappa shape index (κ3) is 7.18. The van der Waals surface area contributed by atoms with Crippen molar-refractivity contribution in [3.05, 3.63) is 41.5 Å². The van der Waals surface area contributed by atoms with E-state index in [2.05, 4.69) is 49.1 Å². The Morgan fingerprint density at radius 3 is 2.77 bits per heavy atom. The van der Waals surface area contributed by atoms with Crippen molar-refractivity contribution < 1.29 is 9.47 Å². The van der Waals surface area contributed by atoms with E-state index in [1.807, 2.05) is 32.3 Å². The van der Waals surface area contributed by atoms with E-state index >= 15 is 0 Å². The molecule has 10 heteroatoms. The third-order valence-electron chi connectivity index (χ3n) is 4.58. The molecular weight excluding hydrogens is 396 g/mol. The maximum absolute atomic E-state index is 5.80. The molecule has 0 radical (unpaired) electrons. The monoisotopic (exact) mass is 426 g/mol. The Hall–Kier alpha value is -3.27. The first kappa shape index (κ1) is 22.4. The fourth-order valence-electron chi connectivity index (χ4n) is 2.91. The van der Waals surface area contributed by atoms with Crippen LogP contribution < -0.4 is 15.4 Å². The van der Waals surface area contributed by atoms with Gasteiger partial charge in [0.15, 0.2) is 11.8 Å². The van der Waals surface area contributed by atoms with E-state index in [-0.39, 0.29) is 6.01 Å². The molecule has 1 aliphatic rings. The summed E-state index contributed by atoms with van der Waals surface area (Å²) in [5.41, 5.74) is 8.09. The molecule has 1 fully saturated rings. The Bertz CT molecular complexity index is 910. The molecule has 0 bridgehead atoms. The largest absolute Gasteiger partial charge is 0.461 e. The van der Waals surface area contributed by atoms with E-state index in [0.29, 0.717) is 44.7 Å². The van der Waals surface area contributed by atoms with Crippen LogP contribution in [0.25, 0.3) is 0 Å². The number of benzene rings is 1. The maximum Gasteiger partial charge on any atom is 0.320 e. The van der Waals surface area contributed by atoms with Crippen molar-refractivity contribution >= 4 is 17.6 Å². The highest BCUT2D eigenvalue weighted by atomic mass is 16.5. The molecule has 1 aromatic carbocycles. The minimum absolute atomic E-state index is 0.243. The van der Waals surface area contributed by atoms with Gasteiger partial charge in [0, 0.05) is 33.3 Å². The average molecular weight is 427 g/mol. The molecule has 0 unspecified atom stereocenters. The number of aromatic nitrogens is 2. The van der Waals surface area contributed by atoms with Crippen molar-refractivity contribution in [2.45, 2.75) is 13.5 Å². The number of guanidine groups is 1. The average Bonchev–Trinajstić information content (AvgIpc) is 2.77. The number of nitrogens with zero attached hydrogens (tertiary/aromatic N) is 7. The molecule has 0 saturated carbocycles. The van der Waals surface area contributed by atoms with Crippen molar-refractivity contribution in [2.24, 2.45) is 21.0 Å². The van der Waals surface area contributed by atoms with Crippen LogP contribution in [-0.2, 0) is 11.3 Å². The number of hydrogen-bond donors (Lipinski definition) is 1. The second-order valence-corrected chi connectivity index (χ2v) is 7.34. The Labute approximate surface area is 182 Å². The van der Waals surface area contributed by atoms with Crippen LogP contribution in [-0.4, -0.2) is 74.4 Å². The second kappa shape index (κ2) is 11.2. The zero-order valence-corrected chi connectivity index (χ0v) is 18.4. The van der Waals surface area contributed by atoms with E-state index in [0.717, 1.165) is 24.5 Å². The first-order valence-corrected chi connectivity index (χ1v) is 10.3. The molecule has 3 rings (SSSR count). The highest BCUT2D eigenvalue weighted by Crippen LogP contribution is 2.23. The van der Waals surface area contributed by atoms with Gasteiger partial charge < -0.3 is 25.0 Å². The van der Waals surface area contributed by atoms with Gasteiger partial charge in [0.05, 0.1) is 26.3 Å². The summed E-state index contributed by atoms with van der Waals surface area (Å²) in [5.74, 6) is 1.64. The quantitative estimate of drug-likeness (QED) is 0.298. The Morgan fingerprint density at radius 1 is 1.23 bits per heavy atom. The van der Waals surface area contributed by atoms with Crippen molar-refractivity contribution in [2.75, 3.05) is 58.5 Å². The number of aliphatic imine (C=N–C) groups is 1. The van der Waals surface area contributed by atoms with Crippen molar-refractivity contribution in [1.29, 1.82) is 0 Å². The lowest BCUT2D eigenvalue weighted by Crippen LogP contribution is -2.36. The molecule has 0 aliphatic carbocycles. The van der Waals surface area contributed by atoms with E-state index in [4.69, 9.17) is 15.2 Å². The normalized spacial score (nSPS) is 14.8. The van der Waals surface area contributed by atoms with Gasteiger partial charge in [-0.15, -0.1) is 5.11 Å². The number of azo groups is 1. The Kier molecular flexibility index (Phi) is 8.11. The Balaban J connectivity index is 1.71. The molecule has 1 aromatic heterocycles. The second-order valence-electron chi connectivity index (χ2n) is 7.34. The van der Waals surface area contributed by atoms with E-state index in [1.165, 1.54) is 5.56 Å². The van der Waals surface area contributed by atoms with Gasteiger partial charge in [0.1, 0.15) is 12.4 Å². The van der Waals surface area contributed by atoms with Gasteiger partial charge in [-0.25, -0.2) is 4.99 Å². The molecular formula is C21H30N8O2. The third-order valence-corrected chi connectivity index (χ3v) is 4.58. The predicted molar refractivity (Wildman–Crippen MR) is 120 cm³/mol. The lowest BCUT2D eigenvalue weighted by atomic mass is 10.1. The fourth-order valence-corrected chi connectivity index (χ4v) is 2.91. The molecule has 31 heavy (non-hydrogen) atoms. The summed E-state index contributed by atoms with van der Waals surface area (Å²) < 4.78 is 11.2. The fraction of sp³-hybridized carbons (Fsp3) is 0.476. The number of ether oxygens (including phenoxy) is 2. The number of rotatable bonds is 8. The summed E-state index contributed by atoms with van der Waals surface area (Å²) in [6.07, 6.45) is 0. The van der Waals surface area contributed by atoms with Gasteiger partial charge in [0.2, 0.25) is 0 Å². The van der Waals surface area contributed by atoms with Crippen LogP contribution in [0.2, 0.25) is 0 Å². The summed E-state index contributed by atoms with van der Waals surface area (Å²) in [5, 5.41) is 8.62. The first-order valence-electron chi connectivity index (χ1n) is 10.3. The molecule has 2 N–H and O–H groups in total. The number of nitrogens with two attached hydrogens (primary N) is 1. The van der Waals surface area contributed by atoms with Crippen molar-refractivity contribution in [1.82, 2.24) is 14.9 Å². The van der Waals surface area contributed by atoms with Gasteiger partial charge in [-0.2, -0.15) is 15.1 Å². The summed E-state index contributed by atoms with van der Waals surface area (Å²) in [6.45, 7) is 6.05. The van der Waals surface area contributed by atoms with Crippen LogP contribution in [0.5, 0.6) is 6.01 Å². The predicted octanol–water partition coefficient (Wildman–Crippen LogP) is 2.16. The van der Waals surface area contributed by atoms with Crippen LogP contribution in [0.3, 0.4) is 0 Å². The number of aryl methyl sites for hydroxylation is 1. The van der Waals surface area contributed by atoms with Crippen LogP contribution in [0.1, 0.15) is 11.1 Å². The zero-order chi connectivity index (χ0) is 22.1. The zero-order valence-electron chi connectivity index (χ0n) is 18.4. The molecule has 1 aliphatic heterocycles. The summed E-state index contributed by atoms with van der Waals surface area (Å²) in [4.78, 5) is 17.0. The van der Waals surface area contributed by atoms with Crippen LogP contribution in [0.15, 0.2) is 45.6 Å². The maximum atomic E-state index is 5.80. The van der Waals surface area contributed by atoms with Crippen LogP contribution in [0.4, 0.5) is 11.6 Å². The highest BCUT2D eigenvalue weighted by molar-refractivity contribution is 5.77. The topological polar surface area (TPSA) is 114 Å². The summed E-state index contributed by atoms with van der Waals surface area (Å²) in [7, 11) is 3.67. The molecule has 0 spiro atoms. The summed E-state index contributed by atoms with van der Waals surface area (Å²) >= 11 is 0. The number of hydrogen-bond acceptors (Lipinski definition) is 8. The van der Waals surface area contributed by atoms with Crippen molar-refractivity contribution in [3.8, 4) is 6.01 Å². The lowest BCUT2D eigenvalue weighted by molar-refractivity contribution is 0.122. The first-order chi connectivity index (χ1) is 15.0. The van der Waals surface area contributed by atoms with Gasteiger partial charge >= 0.3 is 6.01 Å². The molecule has 166 valence electrons. The molecule has 2 aromatic rings. The molecule has 2 heterocycles. The van der Waals surface area contributed by atoms with E-state index in [9.17, 15) is 0 Å².